The summed E-state index contributed by atoms with van der Waals surface area (Å²) in [6.07, 6.45) is -3.36. The van der Waals surface area contributed by atoms with Crippen LogP contribution in [0.2, 0.25) is 0 Å². The predicted octanol–water partition coefficient (Wildman–Crippen LogP) is 0.923. The van der Waals surface area contributed by atoms with Crippen LogP contribution in [0.4, 0.5) is 13.2 Å². The van der Waals surface area contributed by atoms with Crippen molar-refractivity contribution in [2.75, 3.05) is 6.54 Å². The molecule has 1 aromatic rings. The van der Waals surface area contributed by atoms with Crippen molar-refractivity contribution < 1.29 is 18.0 Å². The smallest absolute Gasteiger partial charge is 0.314 e. The van der Waals surface area contributed by atoms with Gasteiger partial charge in [0, 0.05) is 11.6 Å². The Morgan fingerprint density at radius 1 is 1.35 bits per heavy atom. The van der Waals surface area contributed by atoms with E-state index in [-0.39, 0.29) is 30.5 Å². The van der Waals surface area contributed by atoms with Crippen LogP contribution < -0.4 is 16.1 Å². The molecule has 0 bridgehead atoms. The zero-order valence-corrected chi connectivity index (χ0v) is 12.6. The Kier molecular flexibility index (Phi) is 3.95. The summed E-state index contributed by atoms with van der Waals surface area (Å²) in [5.41, 5.74) is -0.579. The number of carbonyl (C=O) groups is 1. The molecule has 1 radical (unpaired) electrons. The molecule has 0 aromatic heterocycles. The average Bonchev–Trinajstić information content (AvgIpc) is 2.74. The third-order valence-corrected chi connectivity index (χ3v) is 4.19. The van der Waals surface area contributed by atoms with Crippen LogP contribution in [-0.4, -0.2) is 43.2 Å². The lowest BCUT2D eigenvalue weighted by Gasteiger charge is -2.32. The molecule has 1 amide bonds. The van der Waals surface area contributed by atoms with E-state index in [1.165, 1.54) is 12.1 Å². The molecule has 121 valence electrons. The minimum Gasteiger partial charge on any atom is -0.314 e. The lowest BCUT2D eigenvalue weighted by molar-refractivity contribution is -0.124. The van der Waals surface area contributed by atoms with E-state index < -0.39 is 11.6 Å². The number of piperidine rings is 1. The largest absolute Gasteiger partial charge is 0.344 e. The van der Waals surface area contributed by atoms with Crippen LogP contribution in [0.1, 0.15) is 25.3 Å². The summed E-state index contributed by atoms with van der Waals surface area (Å²) in [6.45, 7) is 2.62. The molecule has 2 unspecified atom stereocenters. The molecule has 1 aromatic carbocycles. The summed E-state index contributed by atoms with van der Waals surface area (Å²) in [4.78, 5) is 16.9. The van der Waals surface area contributed by atoms with E-state index >= 15 is 0 Å². The Labute approximate surface area is 132 Å². The minimum atomic E-state index is -4.43. The molecule has 1 fully saturated rings. The molecule has 4 nitrogen and oxygen atoms in total. The highest BCUT2D eigenvalue weighted by atomic mass is 19.4. The zero-order chi connectivity index (χ0) is 16.7. The van der Waals surface area contributed by atoms with Crippen LogP contribution in [0.15, 0.2) is 29.3 Å². The van der Waals surface area contributed by atoms with Gasteiger partial charge in [-0.25, -0.2) is 0 Å². The Bertz CT molecular complexity index is 662. The van der Waals surface area contributed by atoms with Crippen LogP contribution >= 0.6 is 0 Å². The van der Waals surface area contributed by atoms with Crippen molar-refractivity contribution in [1.82, 2.24) is 10.6 Å². The maximum atomic E-state index is 12.7. The lowest BCUT2D eigenvalue weighted by Crippen LogP contribution is -2.51. The van der Waals surface area contributed by atoms with E-state index in [4.69, 9.17) is 0 Å². The van der Waals surface area contributed by atoms with Crippen molar-refractivity contribution in [2.45, 2.75) is 37.4 Å². The van der Waals surface area contributed by atoms with E-state index in [0.717, 1.165) is 0 Å². The van der Waals surface area contributed by atoms with Gasteiger partial charge in [0.05, 0.1) is 0 Å². The highest BCUT2D eigenvalue weighted by molar-refractivity contribution is 6.57. The van der Waals surface area contributed by atoms with Gasteiger partial charge in [0.1, 0.15) is 11.4 Å². The number of halogens is 3. The van der Waals surface area contributed by atoms with Crippen molar-refractivity contribution in [1.29, 1.82) is 0 Å². The van der Waals surface area contributed by atoms with Gasteiger partial charge in [-0.3, -0.25) is 9.79 Å². The fourth-order valence-electron chi connectivity index (χ4n) is 3.17. The summed E-state index contributed by atoms with van der Waals surface area (Å²) < 4.78 is 38.1. The third kappa shape index (κ3) is 3.27. The minimum absolute atomic E-state index is 0.00178. The number of benzene rings is 1. The Balaban J connectivity index is 1.95. The average molecular weight is 322 g/mol. The number of carbonyl (C=O) groups excluding carboxylic acids is 1. The molecule has 1 saturated heterocycles. The van der Waals surface area contributed by atoms with E-state index in [2.05, 4.69) is 15.6 Å². The number of amidine groups is 1. The van der Waals surface area contributed by atoms with Gasteiger partial charge in [0.15, 0.2) is 0 Å². The number of alkyl halides is 3. The molecule has 2 heterocycles. The van der Waals surface area contributed by atoms with Gasteiger partial charge >= 0.3 is 6.08 Å². The molecular formula is C15H16BF3N3O. The summed E-state index contributed by atoms with van der Waals surface area (Å²) in [5.74, 6) is -0.0112. The van der Waals surface area contributed by atoms with Crippen LogP contribution in [0, 0.1) is 0 Å². The zero-order valence-electron chi connectivity index (χ0n) is 12.6. The standard InChI is InChI=1S/C15H16BF3N3O/c1-9-8-14(6-7-20-9)13(23)21-12(22-14)10-4-2-3-5-11(10)16-15(17,18)19/h2-5,9,20H,6-8H2,1H3,(H,21,22,23). The van der Waals surface area contributed by atoms with Gasteiger partial charge in [-0.05, 0) is 26.3 Å². The summed E-state index contributed by atoms with van der Waals surface area (Å²) in [7, 11) is 0.229. The second-order valence-corrected chi connectivity index (χ2v) is 6.03. The summed E-state index contributed by atoms with van der Waals surface area (Å²) in [5, 5.41) is 5.92. The van der Waals surface area contributed by atoms with Gasteiger partial charge in [-0.1, -0.05) is 29.7 Å². The molecule has 23 heavy (non-hydrogen) atoms. The lowest BCUT2D eigenvalue weighted by atomic mass is 9.67. The Morgan fingerprint density at radius 3 is 2.78 bits per heavy atom. The first-order chi connectivity index (χ1) is 10.8. The van der Waals surface area contributed by atoms with E-state index in [1.54, 1.807) is 12.1 Å². The first-order valence-electron chi connectivity index (χ1n) is 7.46. The second-order valence-electron chi connectivity index (χ2n) is 6.03. The first kappa shape index (κ1) is 16.0. The summed E-state index contributed by atoms with van der Waals surface area (Å²) in [6, 6.07) is 6.21. The molecule has 1 spiro atoms. The molecule has 0 aliphatic carbocycles. The van der Waals surface area contributed by atoms with Gasteiger partial charge in [0.25, 0.3) is 13.2 Å². The van der Waals surface area contributed by atoms with Crippen molar-refractivity contribution >= 4 is 24.5 Å². The van der Waals surface area contributed by atoms with Gasteiger partial charge < -0.3 is 10.6 Å². The van der Waals surface area contributed by atoms with Gasteiger partial charge in [-0.15, -0.1) is 0 Å². The number of nitrogens with zero attached hydrogens (tertiary/aromatic N) is 1. The number of amides is 1. The fourth-order valence-corrected chi connectivity index (χ4v) is 3.17. The van der Waals surface area contributed by atoms with Crippen molar-refractivity contribution in [2.24, 2.45) is 4.99 Å². The number of hydrogen-bond acceptors (Lipinski definition) is 3. The normalized spacial score (nSPS) is 27.7. The maximum Gasteiger partial charge on any atom is 0.344 e. The van der Waals surface area contributed by atoms with Crippen molar-refractivity contribution in [3.63, 3.8) is 0 Å². The summed E-state index contributed by atoms with van der Waals surface area (Å²) >= 11 is 0. The van der Waals surface area contributed by atoms with Crippen LogP contribution in [0.3, 0.4) is 0 Å². The van der Waals surface area contributed by atoms with E-state index in [0.29, 0.717) is 24.9 Å². The molecule has 2 N–H and O–H groups in total. The topological polar surface area (TPSA) is 53.5 Å². The highest BCUT2D eigenvalue weighted by Crippen LogP contribution is 2.30. The molecule has 8 heteroatoms. The molecule has 0 saturated carbocycles. The molecule has 3 rings (SSSR count). The van der Waals surface area contributed by atoms with E-state index in [9.17, 15) is 18.0 Å². The van der Waals surface area contributed by atoms with Crippen molar-refractivity contribution in [3.8, 4) is 0 Å². The monoisotopic (exact) mass is 322 g/mol. The quantitative estimate of drug-likeness (QED) is 0.796. The number of hydrogen-bond donors (Lipinski definition) is 2. The third-order valence-electron chi connectivity index (χ3n) is 4.19. The van der Waals surface area contributed by atoms with Crippen LogP contribution in [-0.2, 0) is 4.79 Å². The fraction of sp³-hybridized carbons (Fsp3) is 0.467. The molecule has 2 aliphatic rings. The number of rotatable bonds is 2. The molecule has 2 atom stereocenters. The molecule has 2 aliphatic heterocycles. The first-order valence-corrected chi connectivity index (χ1v) is 7.46. The predicted molar refractivity (Wildman–Crippen MR) is 82.0 cm³/mol. The SMILES string of the molecule is CC1CC2(CCN1)N=C(c1ccccc1[B]C(F)(F)F)NC2=O. The number of nitrogens with one attached hydrogen (secondary N) is 2. The molecular weight excluding hydrogens is 306 g/mol. The van der Waals surface area contributed by atoms with Crippen LogP contribution in [0.5, 0.6) is 0 Å². The van der Waals surface area contributed by atoms with Gasteiger partial charge in [0.2, 0.25) is 0 Å². The van der Waals surface area contributed by atoms with Gasteiger partial charge in [-0.2, -0.15) is 13.2 Å². The van der Waals surface area contributed by atoms with Crippen molar-refractivity contribution in [3.05, 3.63) is 29.8 Å². The second kappa shape index (κ2) is 5.67. The Morgan fingerprint density at radius 2 is 2.09 bits per heavy atom. The van der Waals surface area contributed by atoms with Crippen LogP contribution in [0.25, 0.3) is 0 Å². The highest BCUT2D eigenvalue weighted by Gasteiger charge is 2.46. The van der Waals surface area contributed by atoms with E-state index in [1.807, 2.05) is 6.92 Å². The Hall–Kier alpha value is -1.83. The maximum absolute atomic E-state index is 12.7. The number of aliphatic imine (C=N–C) groups is 1.